The van der Waals surface area contributed by atoms with Gasteiger partial charge in [-0.15, -0.1) is 0 Å². The smallest absolute Gasteiger partial charge is 0.214 e. The first-order valence-electron chi connectivity index (χ1n) is 9.95. The zero-order valence-corrected chi connectivity index (χ0v) is 18.2. The topological polar surface area (TPSA) is 59.6 Å². The number of ether oxygens (including phenoxy) is 1. The largest absolute Gasteiger partial charge is 0.487 e. The van der Waals surface area contributed by atoms with Crippen LogP contribution in [-0.2, 0) is 22.3 Å². The summed E-state index contributed by atoms with van der Waals surface area (Å²) >= 11 is 0. The summed E-state index contributed by atoms with van der Waals surface area (Å²) in [6.45, 7) is 7.87. The Hall–Kier alpha value is -2.15. The van der Waals surface area contributed by atoms with Crippen molar-refractivity contribution >= 4 is 20.4 Å². The summed E-state index contributed by atoms with van der Waals surface area (Å²) in [6, 6.07) is 17.0. The lowest BCUT2D eigenvalue weighted by atomic mass is 10.1. The summed E-state index contributed by atoms with van der Waals surface area (Å²) in [5.74, 6) is 0.664. The molecule has 5 nitrogen and oxygen atoms in total. The molecule has 0 aliphatic carbocycles. The number of benzene rings is 2. The summed E-state index contributed by atoms with van der Waals surface area (Å²) in [7, 11) is -1.63. The highest BCUT2D eigenvalue weighted by molar-refractivity contribution is 6.71. The number of hydrogen-bond acceptors (Lipinski definition) is 4. The van der Waals surface area contributed by atoms with Crippen LogP contribution in [0.5, 0.6) is 5.75 Å². The molecule has 2 aromatic rings. The molecule has 6 heteroatoms. The van der Waals surface area contributed by atoms with E-state index >= 15 is 0 Å². The fourth-order valence-electron chi connectivity index (χ4n) is 2.87. The van der Waals surface area contributed by atoms with Gasteiger partial charge in [-0.25, -0.2) is 5.48 Å². The van der Waals surface area contributed by atoms with Crippen LogP contribution in [0.25, 0.3) is 0 Å². The van der Waals surface area contributed by atoms with Gasteiger partial charge in [0.25, 0.3) is 0 Å². The van der Waals surface area contributed by atoms with Crippen molar-refractivity contribution in [1.29, 1.82) is 0 Å². The van der Waals surface area contributed by atoms with E-state index in [1.807, 2.05) is 48.5 Å². The monoisotopic (exact) mass is 400 g/mol. The Balaban J connectivity index is 1.88. The molecule has 0 bridgehead atoms. The Kier molecular flexibility index (Phi) is 9.20. The number of hydroxylamine groups is 1. The van der Waals surface area contributed by atoms with Crippen LogP contribution < -0.4 is 15.5 Å². The van der Waals surface area contributed by atoms with E-state index in [0.29, 0.717) is 24.5 Å². The lowest BCUT2D eigenvalue weighted by Gasteiger charge is -2.22. The fourth-order valence-corrected chi connectivity index (χ4v) is 4.67. The summed E-state index contributed by atoms with van der Waals surface area (Å²) < 4.78 is 11.8. The molecular weight excluding hydrogens is 368 g/mol. The van der Waals surface area contributed by atoms with Gasteiger partial charge in [0.2, 0.25) is 14.7 Å². The SMILES string of the molecule is CCCC[Si](C)(C)ONCCc1ccc(OCc2ccccc2)c(NC=O)c1. The Morgan fingerprint density at radius 1 is 1.07 bits per heavy atom. The quantitative estimate of drug-likeness (QED) is 0.217. The molecular formula is C22H32N2O3Si. The van der Waals surface area contributed by atoms with Gasteiger partial charge < -0.3 is 14.6 Å². The average molecular weight is 401 g/mol. The van der Waals surface area contributed by atoms with Gasteiger partial charge >= 0.3 is 0 Å². The Bertz CT molecular complexity index is 723. The zero-order valence-electron chi connectivity index (χ0n) is 17.2. The van der Waals surface area contributed by atoms with Gasteiger partial charge in [0.15, 0.2) is 0 Å². The number of nitrogens with one attached hydrogen (secondary N) is 2. The molecule has 0 saturated heterocycles. The maximum Gasteiger partial charge on any atom is 0.214 e. The van der Waals surface area contributed by atoms with Crippen LogP contribution in [0.1, 0.15) is 30.9 Å². The van der Waals surface area contributed by atoms with Crippen LogP contribution in [0, 0.1) is 0 Å². The third-order valence-electron chi connectivity index (χ3n) is 4.49. The predicted octanol–water partition coefficient (Wildman–Crippen LogP) is 4.90. The normalized spacial score (nSPS) is 11.2. The minimum absolute atomic E-state index is 0.459. The molecule has 0 spiro atoms. The molecule has 0 aliphatic rings. The van der Waals surface area contributed by atoms with Gasteiger partial charge in [0.05, 0.1) is 5.69 Å². The second-order valence-electron chi connectivity index (χ2n) is 7.48. The molecule has 0 aromatic heterocycles. The summed E-state index contributed by atoms with van der Waals surface area (Å²) in [5, 5.41) is 2.74. The molecule has 0 radical (unpaired) electrons. The predicted molar refractivity (Wildman–Crippen MR) is 117 cm³/mol. The van der Waals surface area contributed by atoms with Crippen molar-refractivity contribution in [2.45, 2.75) is 51.9 Å². The minimum Gasteiger partial charge on any atom is -0.487 e. The van der Waals surface area contributed by atoms with Crippen molar-refractivity contribution in [2.24, 2.45) is 0 Å². The van der Waals surface area contributed by atoms with Crippen LogP contribution in [0.3, 0.4) is 0 Å². The van der Waals surface area contributed by atoms with Crippen molar-refractivity contribution in [3.8, 4) is 5.75 Å². The average Bonchev–Trinajstić information content (AvgIpc) is 2.70. The minimum atomic E-state index is -1.63. The number of amides is 1. The standard InChI is InChI=1S/C22H32N2O3Si/c1-4-5-15-28(2,3)27-24-14-13-19-11-12-22(21(16-19)23-18-25)26-17-20-9-7-6-8-10-20/h6-12,16,18,24H,4-5,13-15,17H2,1-3H3,(H,23,25). The molecule has 1 amide bonds. The van der Waals surface area contributed by atoms with Crippen molar-refractivity contribution in [2.75, 3.05) is 11.9 Å². The second-order valence-corrected chi connectivity index (χ2v) is 11.7. The van der Waals surface area contributed by atoms with Crippen molar-refractivity contribution in [3.05, 3.63) is 59.7 Å². The van der Waals surface area contributed by atoms with Crippen LogP contribution in [0.4, 0.5) is 5.69 Å². The van der Waals surface area contributed by atoms with Crippen LogP contribution in [0.15, 0.2) is 48.5 Å². The summed E-state index contributed by atoms with van der Waals surface area (Å²) in [6.07, 6.45) is 3.90. The maximum atomic E-state index is 11.0. The Labute approximate surface area is 169 Å². The molecule has 2 N–H and O–H groups in total. The third kappa shape index (κ3) is 7.84. The van der Waals surface area contributed by atoms with E-state index in [4.69, 9.17) is 9.26 Å². The highest BCUT2D eigenvalue weighted by Crippen LogP contribution is 2.26. The second kappa shape index (κ2) is 11.6. The van der Waals surface area contributed by atoms with Crippen molar-refractivity contribution < 1.29 is 14.1 Å². The van der Waals surface area contributed by atoms with Gasteiger partial charge in [-0.2, -0.15) is 0 Å². The summed E-state index contributed by atoms with van der Waals surface area (Å²) in [4.78, 5) is 11.0. The van der Waals surface area contributed by atoms with Crippen molar-refractivity contribution in [1.82, 2.24) is 5.48 Å². The highest BCUT2D eigenvalue weighted by Gasteiger charge is 2.22. The summed E-state index contributed by atoms with van der Waals surface area (Å²) in [5.41, 5.74) is 6.01. The molecule has 0 aliphatic heterocycles. The molecule has 0 unspecified atom stereocenters. The van der Waals surface area contributed by atoms with E-state index < -0.39 is 8.32 Å². The Morgan fingerprint density at radius 2 is 1.86 bits per heavy atom. The Morgan fingerprint density at radius 3 is 2.57 bits per heavy atom. The molecule has 2 aromatic carbocycles. The number of carbonyl (C=O) groups excluding carboxylic acids is 1. The van der Waals surface area contributed by atoms with Gasteiger partial charge in [-0.05, 0) is 48.8 Å². The van der Waals surface area contributed by atoms with Crippen LogP contribution >= 0.6 is 0 Å². The third-order valence-corrected chi connectivity index (χ3v) is 6.75. The van der Waals surface area contributed by atoms with E-state index in [1.54, 1.807) is 0 Å². The fraction of sp³-hybridized carbons (Fsp3) is 0.409. The molecule has 0 heterocycles. The number of hydrogen-bond donors (Lipinski definition) is 2. The van der Waals surface area contributed by atoms with Gasteiger partial charge in [0.1, 0.15) is 12.4 Å². The molecule has 0 atom stereocenters. The molecule has 0 saturated carbocycles. The van der Waals surface area contributed by atoms with Gasteiger partial charge in [0, 0.05) is 6.54 Å². The number of rotatable bonds is 13. The molecule has 2 rings (SSSR count). The van der Waals surface area contributed by atoms with Crippen LogP contribution in [0.2, 0.25) is 19.1 Å². The zero-order chi connectivity index (χ0) is 20.2. The molecule has 152 valence electrons. The van der Waals surface area contributed by atoms with E-state index in [-0.39, 0.29) is 0 Å². The first-order chi connectivity index (χ1) is 13.5. The highest BCUT2D eigenvalue weighted by atomic mass is 28.4. The molecule has 28 heavy (non-hydrogen) atoms. The first-order valence-corrected chi connectivity index (χ1v) is 13.1. The number of carbonyl (C=O) groups is 1. The molecule has 0 fully saturated rings. The van der Waals surface area contributed by atoms with Gasteiger partial charge in [-0.1, -0.05) is 56.2 Å². The van der Waals surface area contributed by atoms with E-state index in [1.165, 1.54) is 12.8 Å². The lowest BCUT2D eigenvalue weighted by molar-refractivity contribution is -0.105. The van der Waals surface area contributed by atoms with Crippen LogP contribution in [-0.4, -0.2) is 21.3 Å². The van der Waals surface area contributed by atoms with Crippen molar-refractivity contribution in [3.63, 3.8) is 0 Å². The van der Waals surface area contributed by atoms with E-state index in [0.717, 1.165) is 30.1 Å². The number of unbranched alkanes of at least 4 members (excludes halogenated alkanes) is 1. The maximum absolute atomic E-state index is 11.0. The van der Waals surface area contributed by atoms with E-state index in [2.05, 4.69) is 30.8 Å². The van der Waals surface area contributed by atoms with Gasteiger partial charge in [-0.3, -0.25) is 4.79 Å². The first kappa shape index (κ1) is 22.1. The lowest BCUT2D eigenvalue weighted by Crippen LogP contribution is -2.37. The van der Waals surface area contributed by atoms with E-state index in [9.17, 15) is 4.79 Å². The number of anilines is 1.